The molecule has 1 N–H and O–H groups in total. The van der Waals surface area contributed by atoms with Gasteiger partial charge in [0.05, 0.1) is 24.5 Å². The fraction of sp³-hybridized carbons (Fsp3) is 0.419. The van der Waals surface area contributed by atoms with Crippen molar-refractivity contribution >= 4 is 34.5 Å². The SMILES string of the molecule is CC(C)COC(=O)C[C@H](NC(=O)C1CCCCN(C(=O)c2coc3ccccc23)C1)C(=O)COc1c(F)c(F)cc(F)c1F. The second-order valence-electron chi connectivity index (χ2n) is 11.0. The van der Waals surface area contributed by atoms with Crippen LogP contribution in [0.3, 0.4) is 0 Å². The highest BCUT2D eigenvalue weighted by atomic mass is 19.2. The number of rotatable bonds is 11. The molecule has 0 radical (unpaired) electrons. The number of carbonyl (C=O) groups is 4. The summed E-state index contributed by atoms with van der Waals surface area (Å²) in [6.07, 6.45) is 2.30. The molecule has 2 atom stereocenters. The first-order chi connectivity index (χ1) is 21.0. The third kappa shape index (κ3) is 7.74. The van der Waals surface area contributed by atoms with Crippen LogP contribution < -0.4 is 10.1 Å². The zero-order valence-corrected chi connectivity index (χ0v) is 24.2. The van der Waals surface area contributed by atoms with Crippen molar-refractivity contribution in [3.63, 3.8) is 0 Å². The van der Waals surface area contributed by atoms with Crippen molar-refractivity contribution in [3.05, 3.63) is 65.4 Å². The highest BCUT2D eigenvalue weighted by Gasteiger charge is 2.33. The Morgan fingerprint density at radius 1 is 1.05 bits per heavy atom. The van der Waals surface area contributed by atoms with Gasteiger partial charge in [0, 0.05) is 24.5 Å². The molecule has 44 heavy (non-hydrogen) atoms. The van der Waals surface area contributed by atoms with Crippen molar-refractivity contribution in [2.24, 2.45) is 11.8 Å². The number of amides is 2. The zero-order valence-electron chi connectivity index (χ0n) is 24.2. The van der Waals surface area contributed by atoms with E-state index in [4.69, 9.17) is 13.9 Å². The standard InChI is InChI=1S/C31H32F4N2O7/c1-17(2)14-43-26(39)12-23(24(38)16-44-29-27(34)21(32)11-22(33)28(29)35)36-30(40)18-7-5-6-10-37(13-18)31(41)20-15-42-25-9-4-3-8-19(20)25/h3-4,8-9,11,15,17-18,23H,5-7,10,12-14,16H2,1-2H3,(H,36,40)/t18?,23-/m0/s1. The van der Waals surface area contributed by atoms with Crippen LogP contribution in [0.15, 0.2) is 41.0 Å². The number of fused-ring (bicyclic) bond motifs is 1. The number of nitrogens with zero attached hydrogens (tertiary/aromatic N) is 1. The third-order valence-electron chi connectivity index (χ3n) is 7.12. The Balaban J connectivity index is 1.48. The van der Waals surface area contributed by atoms with Crippen LogP contribution in [0.4, 0.5) is 17.6 Å². The first kappa shape index (κ1) is 32.5. The number of nitrogens with one attached hydrogen (secondary N) is 1. The molecule has 1 aromatic heterocycles. The lowest BCUT2D eigenvalue weighted by atomic mass is 10.0. The molecular weight excluding hydrogens is 588 g/mol. The molecule has 2 heterocycles. The Bertz CT molecular complexity index is 1510. The molecule has 1 saturated heterocycles. The predicted molar refractivity (Wildman–Crippen MR) is 149 cm³/mol. The van der Waals surface area contributed by atoms with Crippen LogP contribution in [0, 0.1) is 35.1 Å². The number of benzene rings is 2. The second kappa shape index (κ2) is 14.4. The number of hydrogen-bond acceptors (Lipinski definition) is 7. The maximum absolute atomic E-state index is 14.1. The van der Waals surface area contributed by atoms with Crippen LogP contribution in [0.5, 0.6) is 5.75 Å². The molecule has 1 aliphatic rings. The molecule has 0 aliphatic carbocycles. The predicted octanol–water partition coefficient (Wildman–Crippen LogP) is 4.95. The lowest BCUT2D eigenvalue weighted by molar-refractivity contribution is -0.147. The summed E-state index contributed by atoms with van der Waals surface area (Å²) in [4.78, 5) is 53.9. The summed E-state index contributed by atoms with van der Waals surface area (Å²) in [6.45, 7) is 2.88. The van der Waals surface area contributed by atoms with Gasteiger partial charge in [-0.2, -0.15) is 8.78 Å². The van der Waals surface area contributed by atoms with Gasteiger partial charge in [-0.3, -0.25) is 19.2 Å². The normalized spacial score (nSPS) is 16.0. The van der Waals surface area contributed by atoms with Gasteiger partial charge in [-0.15, -0.1) is 0 Å². The average molecular weight is 621 g/mol. The molecule has 0 bridgehead atoms. The van der Waals surface area contributed by atoms with Crippen molar-refractivity contribution in [1.82, 2.24) is 10.2 Å². The lowest BCUT2D eigenvalue weighted by Gasteiger charge is -2.25. The van der Waals surface area contributed by atoms with Crippen LogP contribution in [-0.4, -0.2) is 60.8 Å². The number of esters is 1. The molecule has 4 rings (SSSR count). The van der Waals surface area contributed by atoms with E-state index < -0.39 is 71.7 Å². The van der Waals surface area contributed by atoms with Crippen molar-refractivity contribution in [2.45, 2.75) is 45.6 Å². The van der Waals surface area contributed by atoms with E-state index in [2.05, 4.69) is 5.32 Å². The second-order valence-corrected chi connectivity index (χ2v) is 11.0. The molecular formula is C31H32F4N2O7. The van der Waals surface area contributed by atoms with E-state index in [1.54, 1.807) is 38.1 Å². The first-order valence-corrected chi connectivity index (χ1v) is 14.2. The highest BCUT2D eigenvalue weighted by Crippen LogP contribution is 2.27. The van der Waals surface area contributed by atoms with Crippen LogP contribution in [0.25, 0.3) is 11.0 Å². The fourth-order valence-corrected chi connectivity index (χ4v) is 4.80. The molecule has 236 valence electrons. The van der Waals surface area contributed by atoms with Crippen LogP contribution >= 0.6 is 0 Å². The van der Waals surface area contributed by atoms with Crippen LogP contribution in [-0.2, 0) is 19.1 Å². The van der Waals surface area contributed by atoms with Crippen LogP contribution in [0.1, 0.15) is 49.9 Å². The summed E-state index contributed by atoms with van der Waals surface area (Å²) in [5.74, 6) is -12.2. The van der Waals surface area contributed by atoms with Gasteiger partial charge in [0.2, 0.25) is 17.5 Å². The Kier molecular flexibility index (Phi) is 10.6. The molecule has 13 heteroatoms. The maximum atomic E-state index is 14.1. The van der Waals surface area contributed by atoms with Crippen molar-refractivity contribution < 1.29 is 50.6 Å². The Morgan fingerprint density at radius 3 is 2.45 bits per heavy atom. The van der Waals surface area contributed by atoms with Gasteiger partial charge in [-0.05, 0) is 24.8 Å². The Hall–Kier alpha value is -4.42. The molecule has 1 unspecified atom stereocenters. The minimum atomic E-state index is -1.85. The van der Waals surface area contributed by atoms with E-state index in [9.17, 15) is 36.7 Å². The lowest BCUT2D eigenvalue weighted by Crippen LogP contribution is -2.48. The number of halogens is 4. The molecule has 9 nitrogen and oxygen atoms in total. The molecule has 2 amide bonds. The van der Waals surface area contributed by atoms with E-state index in [1.807, 2.05) is 0 Å². The average Bonchev–Trinajstić information content (AvgIpc) is 3.26. The quantitative estimate of drug-likeness (QED) is 0.183. The van der Waals surface area contributed by atoms with E-state index in [1.165, 1.54) is 11.2 Å². The van der Waals surface area contributed by atoms with Gasteiger partial charge in [0.15, 0.2) is 23.2 Å². The van der Waals surface area contributed by atoms with E-state index in [0.29, 0.717) is 42.3 Å². The van der Waals surface area contributed by atoms with Gasteiger partial charge in [0.25, 0.3) is 5.91 Å². The molecule has 0 saturated carbocycles. The summed E-state index contributed by atoms with van der Waals surface area (Å²) >= 11 is 0. The maximum Gasteiger partial charge on any atom is 0.308 e. The number of furan rings is 1. The molecule has 3 aromatic rings. The van der Waals surface area contributed by atoms with Crippen LogP contribution in [0.2, 0.25) is 0 Å². The molecule has 2 aromatic carbocycles. The monoisotopic (exact) mass is 620 g/mol. The molecule has 0 spiro atoms. The van der Waals surface area contributed by atoms with E-state index in [-0.39, 0.29) is 31.0 Å². The number of carbonyl (C=O) groups excluding carboxylic acids is 4. The molecule has 1 fully saturated rings. The van der Waals surface area contributed by atoms with Gasteiger partial charge in [-0.1, -0.05) is 38.5 Å². The largest absolute Gasteiger partial charge is 0.479 e. The van der Waals surface area contributed by atoms with Crippen molar-refractivity contribution in [2.75, 3.05) is 26.3 Å². The summed E-state index contributed by atoms with van der Waals surface area (Å²) in [5.41, 5.74) is 0.877. The minimum Gasteiger partial charge on any atom is -0.479 e. The number of ketones is 1. The number of ether oxygens (including phenoxy) is 2. The number of Topliss-reactive ketones (excluding diaryl/α,β-unsaturated/α-hetero) is 1. The van der Waals surface area contributed by atoms with Gasteiger partial charge in [-0.25, -0.2) is 8.78 Å². The molecule has 1 aliphatic heterocycles. The smallest absolute Gasteiger partial charge is 0.308 e. The van der Waals surface area contributed by atoms with E-state index >= 15 is 0 Å². The Morgan fingerprint density at radius 2 is 1.75 bits per heavy atom. The number of hydrogen-bond donors (Lipinski definition) is 1. The topological polar surface area (TPSA) is 115 Å². The first-order valence-electron chi connectivity index (χ1n) is 14.2. The zero-order chi connectivity index (χ0) is 32.0. The van der Waals surface area contributed by atoms with Crippen molar-refractivity contribution in [1.29, 1.82) is 0 Å². The third-order valence-corrected chi connectivity index (χ3v) is 7.12. The Labute approximate surface area is 250 Å². The van der Waals surface area contributed by atoms with Crippen molar-refractivity contribution in [3.8, 4) is 5.75 Å². The van der Waals surface area contributed by atoms with E-state index in [0.717, 1.165) is 0 Å². The number of likely N-dealkylation sites (tertiary alicyclic amines) is 1. The fourth-order valence-electron chi connectivity index (χ4n) is 4.80. The summed E-state index contributed by atoms with van der Waals surface area (Å²) in [7, 11) is 0. The summed E-state index contributed by atoms with van der Waals surface area (Å²) < 4.78 is 70.7. The highest BCUT2D eigenvalue weighted by molar-refractivity contribution is 6.06. The minimum absolute atomic E-state index is 0.0110. The number of para-hydroxylation sites is 1. The summed E-state index contributed by atoms with van der Waals surface area (Å²) in [6, 6.07) is 5.46. The van der Waals surface area contributed by atoms with Gasteiger partial charge < -0.3 is 24.1 Å². The van der Waals surface area contributed by atoms with Gasteiger partial charge in [0.1, 0.15) is 24.5 Å². The van der Waals surface area contributed by atoms with Gasteiger partial charge >= 0.3 is 5.97 Å². The summed E-state index contributed by atoms with van der Waals surface area (Å²) in [5, 5.41) is 3.11.